The van der Waals surface area contributed by atoms with Gasteiger partial charge in [-0.3, -0.25) is 0 Å². The molecule has 0 aliphatic heterocycles. The molecule has 0 saturated heterocycles. The van der Waals surface area contributed by atoms with E-state index in [1.165, 1.54) is 32.1 Å². The Bertz CT molecular complexity index is 535. The Kier molecular flexibility index (Phi) is 3.98. The third-order valence-corrected chi connectivity index (χ3v) is 4.99. The van der Waals surface area contributed by atoms with E-state index < -0.39 is 0 Å². The van der Waals surface area contributed by atoms with Gasteiger partial charge < -0.3 is 10.7 Å². The summed E-state index contributed by atoms with van der Waals surface area (Å²) in [4.78, 5) is 15.7. The number of imidazole rings is 1. The first-order valence-electron chi connectivity index (χ1n) is 6.87. The van der Waals surface area contributed by atoms with Gasteiger partial charge >= 0.3 is 0 Å². The van der Waals surface area contributed by atoms with Gasteiger partial charge in [0.15, 0.2) is 5.65 Å². The van der Waals surface area contributed by atoms with Crippen LogP contribution in [0.15, 0.2) is 17.7 Å². The van der Waals surface area contributed by atoms with E-state index in [-0.39, 0.29) is 6.04 Å². The highest BCUT2D eigenvalue weighted by atomic mass is 32.2. The monoisotopic (exact) mass is 277 g/mol. The number of hydrogen-bond acceptors (Lipinski definition) is 5. The topological polar surface area (TPSA) is 80.5 Å². The molecule has 0 radical (unpaired) electrons. The molecule has 1 aliphatic carbocycles. The summed E-state index contributed by atoms with van der Waals surface area (Å²) in [7, 11) is 0. The van der Waals surface area contributed by atoms with Crippen molar-refractivity contribution in [3.05, 3.63) is 12.7 Å². The largest absolute Gasteiger partial charge is 0.341 e. The van der Waals surface area contributed by atoms with Gasteiger partial charge in [-0.1, -0.05) is 19.3 Å². The zero-order chi connectivity index (χ0) is 13.1. The average Bonchev–Trinajstić information content (AvgIpc) is 2.94. The number of aromatic amines is 1. The molecule has 0 aromatic carbocycles. The zero-order valence-corrected chi connectivity index (χ0v) is 11.7. The van der Waals surface area contributed by atoms with Crippen LogP contribution in [-0.2, 0) is 0 Å². The summed E-state index contributed by atoms with van der Waals surface area (Å²) in [5, 5.41) is 0.953. The second-order valence-electron chi connectivity index (χ2n) is 5.15. The lowest BCUT2D eigenvalue weighted by Crippen LogP contribution is -2.33. The Balaban J connectivity index is 1.63. The van der Waals surface area contributed by atoms with Crippen LogP contribution < -0.4 is 5.73 Å². The van der Waals surface area contributed by atoms with E-state index in [1.807, 2.05) is 0 Å². The van der Waals surface area contributed by atoms with Crippen molar-refractivity contribution in [2.75, 3.05) is 5.75 Å². The van der Waals surface area contributed by atoms with Crippen molar-refractivity contribution in [2.45, 2.75) is 43.2 Å². The SMILES string of the molecule is NC(CSc1ncnc2nc[nH]c12)C1CCCCC1. The van der Waals surface area contributed by atoms with Crippen molar-refractivity contribution >= 4 is 22.9 Å². The lowest BCUT2D eigenvalue weighted by molar-refractivity contribution is 0.319. The van der Waals surface area contributed by atoms with Gasteiger partial charge in [-0.05, 0) is 18.8 Å². The molecule has 3 rings (SSSR count). The summed E-state index contributed by atoms with van der Waals surface area (Å²) < 4.78 is 0. The molecule has 1 fully saturated rings. The van der Waals surface area contributed by atoms with Gasteiger partial charge in [0.1, 0.15) is 16.9 Å². The third kappa shape index (κ3) is 2.90. The highest BCUT2D eigenvalue weighted by Crippen LogP contribution is 2.29. The summed E-state index contributed by atoms with van der Waals surface area (Å²) >= 11 is 1.71. The first-order valence-corrected chi connectivity index (χ1v) is 7.85. The van der Waals surface area contributed by atoms with E-state index in [0.29, 0.717) is 5.92 Å². The maximum Gasteiger partial charge on any atom is 0.181 e. The Morgan fingerprint density at radius 1 is 1.26 bits per heavy atom. The number of hydrogen-bond donors (Lipinski definition) is 2. The minimum absolute atomic E-state index is 0.262. The predicted molar refractivity (Wildman–Crippen MR) is 77.0 cm³/mol. The van der Waals surface area contributed by atoms with Gasteiger partial charge in [0.25, 0.3) is 0 Å². The van der Waals surface area contributed by atoms with Crippen LogP contribution in [0.3, 0.4) is 0 Å². The summed E-state index contributed by atoms with van der Waals surface area (Å²) in [6.07, 6.45) is 9.83. The number of aromatic nitrogens is 4. The predicted octanol–water partition coefficient (Wildman–Crippen LogP) is 2.35. The molecule has 0 spiro atoms. The molecule has 2 aromatic rings. The standard InChI is InChI=1S/C13H19N5S/c14-10(9-4-2-1-3-5-9)6-19-13-11-12(16-7-15-11)17-8-18-13/h7-10H,1-6,14H2,(H,15,16,17,18). The van der Waals surface area contributed by atoms with E-state index in [2.05, 4.69) is 19.9 Å². The van der Waals surface area contributed by atoms with Crippen LogP contribution in [0, 0.1) is 5.92 Å². The van der Waals surface area contributed by atoms with E-state index in [9.17, 15) is 0 Å². The number of nitrogens with one attached hydrogen (secondary N) is 1. The van der Waals surface area contributed by atoms with Gasteiger partial charge in [0.05, 0.1) is 6.33 Å². The molecule has 102 valence electrons. The minimum Gasteiger partial charge on any atom is -0.341 e. The van der Waals surface area contributed by atoms with Crippen LogP contribution >= 0.6 is 11.8 Å². The van der Waals surface area contributed by atoms with Gasteiger partial charge in [-0.25, -0.2) is 15.0 Å². The maximum atomic E-state index is 6.33. The molecule has 5 nitrogen and oxygen atoms in total. The zero-order valence-electron chi connectivity index (χ0n) is 10.9. The number of thioether (sulfide) groups is 1. The summed E-state index contributed by atoms with van der Waals surface area (Å²) in [5.41, 5.74) is 7.97. The van der Waals surface area contributed by atoms with Crippen LogP contribution in [0.5, 0.6) is 0 Å². The van der Waals surface area contributed by atoms with Crippen LogP contribution in [-0.4, -0.2) is 31.7 Å². The van der Waals surface area contributed by atoms with Crippen molar-refractivity contribution in [2.24, 2.45) is 11.7 Å². The van der Waals surface area contributed by atoms with Crippen LogP contribution in [0.1, 0.15) is 32.1 Å². The van der Waals surface area contributed by atoms with E-state index in [0.717, 1.165) is 21.9 Å². The van der Waals surface area contributed by atoms with Gasteiger partial charge in [-0.15, -0.1) is 11.8 Å². The fourth-order valence-electron chi connectivity index (χ4n) is 2.73. The molecule has 1 saturated carbocycles. The fraction of sp³-hybridized carbons (Fsp3) is 0.615. The van der Waals surface area contributed by atoms with Gasteiger partial charge in [0.2, 0.25) is 0 Å². The maximum absolute atomic E-state index is 6.33. The first kappa shape index (κ1) is 12.9. The van der Waals surface area contributed by atoms with Crippen molar-refractivity contribution in [3.63, 3.8) is 0 Å². The molecule has 6 heteroatoms. The number of rotatable bonds is 4. The molecule has 0 bridgehead atoms. The molecular weight excluding hydrogens is 258 g/mol. The second-order valence-corrected chi connectivity index (χ2v) is 6.16. The molecular formula is C13H19N5S. The molecule has 1 aliphatic rings. The highest BCUT2D eigenvalue weighted by molar-refractivity contribution is 7.99. The first-order chi connectivity index (χ1) is 9.34. The quantitative estimate of drug-likeness (QED) is 0.662. The molecule has 3 N–H and O–H groups in total. The Labute approximate surface area is 116 Å². The molecule has 2 aromatic heterocycles. The Morgan fingerprint density at radius 3 is 2.95 bits per heavy atom. The lowest BCUT2D eigenvalue weighted by atomic mass is 9.85. The third-order valence-electron chi connectivity index (χ3n) is 3.86. The Morgan fingerprint density at radius 2 is 2.11 bits per heavy atom. The Hall–Kier alpha value is -1.14. The smallest absolute Gasteiger partial charge is 0.181 e. The van der Waals surface area contributed by atoms with Gasteiger partial charge in [-0.2, -0.15) is 0 Å². The van der Waals surface area contributed by atoms with E-state index >= 15 is 0 Å². The van der Waals surface area contributed by atoms with E-state index in [4.69, 9.17) is 5.73 Å². The molecule has 19 heavy (non-hydrogen) atoms. The highest BCUT2D eigenvalue weighted by Gasteiger charge is 2.21. The lowest BCUT2D eigenvalue weighted by Gasteiger charge is -2.27. The summed E-state index contributed by atoms with van der Waals surface area (Å²) in [5.74, 6) is 1.59. The molecule has 2 heterocycles. The van der Waals surface area contributed by atoms with Crippen molar-refractivity contribution in [1.82, 2.24) is 19.9 Å². The molecule has 1 atom stereocenters. The summed E-state index contributed by atoms with van der Waals surface area (Å²) in [6, 6.07) is 0.262. The van der Waals surface area contributed by atoms with E-state index in [1.54, 1.807) is 24.4 Å². The number of nitrogens with two attached hydrogens (primary N) is 1. The van der Waals surface area contributed by atoms with Crippen molar-refractivity contribution < 1.29 is 0 Å². The van der Waals surface area contributed by atoms with Crippen LogP contribution in [0.2, 0.25) is 0 Å². The van der Waals surface area contributed by atoms with Crippen molar-refractivity contribution in [1.29, 1.82) is 0 Å². The van der Waals surface area contributed by atoms with Gasteiger partial charge in [0, 0.05) is 11.8 Å². The van der Waals surface area contributed by atoms with Crippen LogP contribution in [0.4, 0.5) is 0 Å². The van der Waals surface area contributed by atoms with Crippen molar-refractivity contribution in [3.8, 4) is 0 Å². The normalized spacial score (nSPS) is 18.8. The second kappa shape index (κ2) is 5.88. The molecule has 1 unspecified atom stereocenters. The minimum atomic E-state index is 0.262. The van der Waals surface area contributed by atoms with Crippen LogP contribution in [0.25, 0.3) is 11.2 Å². The summed E-state index contributed by atoms with van der Waals surface area (Å²) in [6.45, 7) is 0. The number of H-pyrrole nitrogens is 1. The average molecular weight is 277 g/mol. The number of nitrogens with zero attached hydrogens (tertiary/aromatic N) is 3. The fourth-order valence-corrected chi connectivity index (χ4v) is 3.76. The number of fused-ring (bicyclic) bond motifs is 1. The molecule has 0 amide bonds.